The van der Waals surface area contributed by atoms with Gasteiger partial charge in [-0.25, -0.2) is 0 Å². The smallest absolute Gasteiger partial charge is 0.00950 e. The molecule has 0 heterocycles. The summed E-state index contributed by atoms with van der Waals surface area (Å²) in [5.41, 5.74) is 13.7. The van der Waals surface area contributed by atoms with Crippen molar-refractivity contribution in [2.45, 2.75) is 182 Å². The van der Waals surface area contributed by atoms with E-state index < -0.39 is 0 Å². The van der Waals surface area contributed by atoms with E-state index in [4.69, 9.17) is 0 Å². The lowest BCUT2D eigenvalue weighted by Crippen LogP contribution is -2.14. The summed E-state index contributed by atoms with van der Waals surface area (Å²) in [6.45, 7) is 14.2. The van der Waals surface area contributed by atoms with Gasteiger partial charge in [-0.15, -0.1) is 9.24 Å². The number of unbranched alkanes of at least 4 members (excludes halogenated alkanes) is 7. The highest BCUT2D eigenvalue weighted by Gasteiger charge is 2.25. The SMILES string of the molecule is CCCCc1ccc(C(CCCCP)c2ccc(CCCC)c(CCCC)c2CCCC)c(CCCC)c1CCCC. The molecule has 0 aliphatic rings. The Kier molecular flexibility index (Phi) is 19.8. The van der Waals surface area contributed by atoms with Gasteiger partial charge in [0.15, 0.2) is 0 Å². The van der Waals surface area contributed by atoms with Gasteiger partial charge in [-0.05, 0) is 141 Å². The van der Waals surface area contributed by atoms with Crippen molar-refractivity contribution in [1.29, 1.82) is 0 Å². The molecule has 1 unspecified atom stereocenters. The Bertz CT molecular complexity index is 911. The van der Waals surface area contributed by atoms with Crippen molar-refractivity contribution in [3.8, 4) is 0 Å². The molecule has 0 radical (unpaired) electrons. The van der Waals surface area contributed by atoms with E-state index in [1.165, 1.54) is 141 Å². The first kappa shape index (κ1) is 37.1. The molecule has 1 heteroatoms. The highest BCUT2D eigenvalue weighted by atomic mass is 31.0. The van der Waals surface area contributed by atoms with Crippen LogP contribution in [-0.4, -0.2) is 6.16 Å². The van der Waals surface area contributed by atoms with Gasteiger partial charge >= 0.3 is 0 Å². The van der Waals surface area contributed by atoms with Crippen LogP contribution in [0.1, 0.15) is 188 Å². The summed E-state index contributed by atoms with van der Waals surface area (Å²) in [5, 5.41) is 0. The minimum atomic E-state index is 0.529. The molecule has 0 aromatic heterocycles. The lowest BCUT2D eigenvalue weighted by molar-refractivity contribution is 0.629. The topological polar surface area (TPSA) is 0 Å². The van der Waals surface area contributed by atoms with Crippen LogP contribution in [0, 0.1) is 0 Å². The molecule has 0 aliphatic heterocycles. The van der Waals surface area contributed by atoms with E-state index in [1.807, 2.05) is 0 Å². The molecule has 0 spiro atoms. The number of rotatable bonds is 24. The predicted octanol–water partition coefficient (Wildman–Crippen LogP) is 12.9. The van der Waals surface area contributed by atoms with Gasteiger partial charge in [0.25, 0.3) is 0 Å². The van der Waals surface area contributed by atoms with Crippen LogP contribution in [0.2, 0.25) is 0 Å². The maximum Gasteiger partial charge on any atom is 0.00950 e. The Morgan fingerprint density at radius 3 is 1.14 bits per heavy atom. The summed E-state index contributed by atoms with van der Waals surface area (Å²) in [6.07, 6.45) is 28.2. The van der Waals surface area contributed by atoms with Gasteiger partial charge in [-0.2, -0.15) is 0 Å². The van der Waals surface area contributed by atoms with Crippen LogP contribution in [0.4, 0.5) is 0 Å². The average molecular weight is 593 g/mol. The second kappa shape index (κ2) is 22.4. The van der Waals surface area contributed by atoms with Gasteiger partial charge in [0.05, 0.1) is 0 Å². The maximum absolute atomic E-state index is 2.98. The van der Waals surface area contributed by atoms with Gasteiger partial charge in [0, 0.05) is 5.92 Å². The highest BCUT2D eigenvalue weighted by molar-refractivity contribution is 7.16. The first-order valence-electron chi connectivity index (χ1n) is 18.6. The van der Waals surface area contributed by atoms with Crippen LogP contribution in [0.15, 0.2) is 24.3 Å². The molecule has 0 nitrogen and oxygen atoms in total. The second-order valence-electron chi connectivity index (χ2n) is 13.0. The third-order valence-electron chi connectivity index (χ3n) is 9.55. The lowest BCUT2D eigenvalue weighted by atomic mass is 9.75. The summed E-state index contributed by atoms with van der Waals surface area (Å²) >= 11 is 0. The minimum absolute atomic E-state index is 0.529. The van der Waals surface area contributed by atoms with E-state index >= 15 is 0 Å². The van der Waals surface area contributed by atoms with Crippen molar-refractivity contribution in [3.05, 3.63) is 68.8 Å². The second-order valence-corrected chi connectivity index (χ2v) is 13.6. The highest BCUT2D eigenvalue weighted by Crippen LogP contribution is 2.40. The van der Waals surface area contributed by atoms with Crippen molar-refractivity contribution in [2.75, 3.05) is 6.16 Å². The molecule has 238 valence electrons. The summed E-state index contributed by atoms with van der Waals surface area (Å²) in [5.74, 6) is 0.529. The molecule has 0 aliphatic carbocycles. The van der Waals surface area contributed by atoms with E-state index in [-0.39, 0.29) is 0 Å². The van der Waals surface area contributed by atoms with Crippen molar-refractivity contribution >= 4 is 9.24 Å². The Balaban J connectivity index is 2.84. The molecule has 0 N–H and O–H groups in total. The first-order valence-corrected chi connectivity index (χ1v) is 19.4. The Morgan fingerprint density at radius 1 is 0.429 bits per heavy atom. The molecule has 1 atom stereocenters. The third kappa shape index (κ3) is 11.4. The van der Waals surface area contributed by atoms with Crippen LogP contribution in [0.3, 0.4) is 0 Å². The largest absolute Gasteiger partial charge is 0.138 e. The zero-order valence-corrected chi connectivity index (χ0v) is 30.2. The molecule has 42 heavy (non-hydrogen) atoms. The van der Waals surface area contributed by atoms with Gasteiger partial charge in [0.2, 0.25) is 0 Å². The van der Waals surface area contributed by atoms with E-state index in [9.17, 15) is 0 Å². The maximum atomic E-state index is 2.98. The van der Waals surface area contributed by atoms with Crippen molar-refractivity contribution in [2.24, 2.45) is 0 Å². The van der Waals surface area contributed by atoms with Crippen LogP contribution in [0.5, 0.6) is 0 Å². The number of hydrogen-bond donors (Lipinski definition) is 0. The normalized spacial score (nSPS) is 11.6. The molecule has 0 bridgehead atoms. The van der Waals surface area contributed by atoms with E-state index in [1.54, 1.807) is 44.5 Å². The molecule has 2 rings (SSSR count). The molecule has 0 fully saturated rings. The average Bonchev–Trinajstić information content (AvgIpc) is 3.01. The van der Waals surface area contributed by atoms with Gasteiger partial charge in [0.1, 0.15) is 0 Å². The summed E-state index contributed by atoms with van der Waals surface area (Å²) < 4.78 is 0. The molecular formula is C41H69P. The van der Waals surface area contributed by atoms with Crippen molar-refractivity contribution in [3.63, 3.8) is 0 Å². The van der Waals surface area contributed by atoms with Gasteiger partial charge in [-0.3, -0.25) is 0 Å². The third-order valence-corrected chi connectivity index (χ3v) is 9.96. The van der Waals surface area contributed by atoms with Crippen molar-refractivity contribution < 1.29 is 0 Å². The summed E-state index contributed by atoms with van der Waals surface area (Å²) in [6, 6.07) is 10.4. The molecule has 0 amide bonds. The Hall–Kier alpha value is -1.13. The van der Waals surface area contributed by atoms with E-state index in [2.05, 4.69) is 75.0 Å². The fraction of sp³-hybridized carbons (Fsp3) is 0.707. The number of aryl methyl sites for hydroxylation is 2. The fourth-order valence-corrected chi connectivity index (χ4v) is 7.26. The Morgan fingerprint density at radius 2 is 0.786 bits per heavy atom. The standard InChI is InChI=1S/C41H69P/c1-7-13-21-33-28-30-40(37(25-17-11-5)35(33)23-15-9-3)39(27-19-20-32-42)41-31-29-34(22-14-8-2)36(24-16-10-4)38(41)26-18-12-6/h28-31,39H,7-27,32,42H2,1-6H3. The molecule has 2 aromatic rings. The Labute approximate surface area is 265 Å². The van der Waals surface area contributed by atoms with Crippen LogP contribution in [0.25, 0.3) is 0 Å². The van der Waals surface area contributed by atoms with E-state index in [0.717, 1.165) is 0 Å². The molecule has 0 saturated carbocycles. The monoisotopic (exact) mass is 593 g/mol. The fourth-order valence-electron chi connectivity index (χ4n) is 6.97. The molecular weight excluding hydrogens is 523 g/mol. The quantitative estimate of drug-likeness (QED) is 0.0840. The number of benzene rings is 2. The lowest BCUT2D eigenvalue weighted by Gasteiger charge is -2.29. The van der Waals surface area contributed by atoms with E-state index in [0.29, 0.717) is 5.92 Å². The van der Waals surface area contributed by atoms with Crippen LogP contribution >= 0.6 is 9.24 Å². The van der Waals surface area contributed by atoms with Gasteiger partial charge in [-0.1, -0.05) is 111 Å². The van der Waals surface area contributed by atoms with Gasteiger partial charge < -0.3 is 0 Å². The predicted molar refractivity (Wildman–Crippen MR) is 195 cm³/mol. The minimum Gasteiger partial charge on any atom is -0.138 e. The zero-order chi connectivity index (χ0) is 30.6. The number of hydrogen-bond acceptors (Lipinski definition) is 0. The van der Waals surface area contributed by atoms with Crippen LogP contribution < -0.4 is 0 Å². The first-order chi connectivity index (χ1) is 20.6. The summed E-state index contributed by atoms with van der Waals surface area (Å²) in [4.78, 5) is 0. The zero-order valence-electron chi connectivity index (χ0n) is 29.0. The summed E-state index contributed by atoms with van der Waals surface area (Å²) in [7, 11) is 2.98. The van der Waals surface area contributed by atoms with Crippen molar-refractivity contribution in [1.82, 2.24) is 0 Å². The van der Waals surface area contributed by atoms with Crippen LogP contribution in [-0.2, 0) is 38.5 Å². The molecule has 0 saturated heterocycles. The molecule has 2 aromatic carbocycles.